The summed E-state index contributed by atoms with van der Waals surface area (Å²) in [6, 6.07) is 10.6. The molecule has 0 aromatic heterocycles. The molecule has 0 radical (unpaired) electrons. The Bertz CT molecular complexity index is 399. The van der Waals surface area contributed by atoms with Gasteiger partial charge in [-0.1, -0.05) is 29.8 Å². The Labute approximate surface area is 102 Å². The molecule has 1 heterocycles. The summed E-state index contributed by atoms with van der Waals surface area (Å²) in [5, 5.41) is 8.82. The van der Waals surface area contributed by atoms with Crippen LogP contribution in [0, 0.1) is 18.3 Å². The number of nitrogens with zero attached hydrogens (tertiary/aromatic N) is 1. The van der Waals surface area contributed by atoms with Crippen LogP contribution >= 0.6 is 0 Å². The van der Waals surface area contributed by atoms with Gasteiger partial charge in [-0.2, -0.15) is 5.26 Å². The second kappa shape index (κ2) is 5.31. The molecule has 17 heavy (non-hydrogen) atoms. The summed E-state index contributed by atoms with van der Waals surface area (Å²) in [5.41, 5.74) is 2.51. The van der Waals surface area contributed by atoms with Gasteiger partial charge in [0.1, 0.15) is 0 Å². The maximum atomic E-state index is 8.82. The lowest BCUT2D eigenvalue weighted by Gasteiger charge is -2.24. The van der Waals surface area contributed by atoms with Gasteiger partial charge in [0.25, 0.3) is 0 Å². The van der Waals surface area contributed by atoms with Crippen molar-refractivity contribution in [1.29, 1.82) is 5.26 Å². The third-order valence-corrected chi connectivity index (χ3v) is 3.08. The highest BCUT2D eigenvalue weighted by molar-refractivity contribution is 5.21. The van der Waals surface area contributed by atoms with E-state index >= 15 is 0 Å². The summed E-state index contributed by atoms with van der Waals surface area (Å²) in [6.07, 6.45) is 1.92. The van der Waals surface area contributed by atoms with Crippen LogP contribution in [0.1, 0.15) is 24.0 Å². The Morgan fingerprint density at radius 2 is 1.88 bits per heavy atom. The zero-order chi connectivity index (χ0) is 12.1. The van der Waals surface area contributed by atoms with Crippen molar-refractivity contribution < 1.29 is 9.47 Å². The van der Waals surface area contributed by atoms with Gasteiger partial charge in [0.05, 0.1) is 25.7 Å². The van der Waals surface area contributed by atoms with E-state index in [0.29, 0.717) is 19.6 Å². The number of rotatable bonds is 4. The fourth-order valence-corrected chi connectivity index (χ4v) is 2.04. The molecule has 3 heteroatoms. The molecule has 3 nitrogen and oxygen atoms in total. The van der Waals surface area contributed by atoms with Gasteiger partial charge in [-0.05, 0) is 18.9 Å². The van der Waals surface area contributed by atoms with E-state index in [9.17, 15) is 0 Å². The molecule has 0 N–H and O–H groups in total. The van der Waals surface area contributed by atoms with Crippen LogP contribution in [0.5, 0.6) is 0 Å². The summed E-state index contributed by atoms with van der Waals surface area (Å²) in [7, 11) is 0. The summed E-state index contributed by atoms with van der Waals surface area (Å²) in [6.45, 7) is 3.26. The van der Waals surface area contributed by atoms with Gasteiger partial charge in [0, 0.05) is 6.42 Å². The average Bonchev–Trinajstić information content (AvgIpc) is 2.78. The number of aryl methyl sites for hydroxylation is 2. The molecule has 0 spiro atoms. The van der Waals surface area contributed by atoms with E-state index in [1.54, 1.807) is 0 Å². The van der Waals surface area contributed by atoms with Crippen LogP contribution in [-0.2, 0) is 15.9 Å². The van der Waals surface area contributed by atoms with Gasteiger partial charge in [0.15, 0.2) is 5.79 Å². The van der Waals surface area contributed by atoms with Crippen molar-refractivity contribution in [3.05, 3.63) is 35.4 Å². The zero-order valence-corrected chi connectivity index (χ0v) is 10.1. The number of benzene rings is 1. The summed E-state index contributed by atoms with van der Waals surface area (Å²) >= 11 is 0. The highest BCUT2D eigenvalue weighted by atomic mass is 16.7. The molecule has 0 amide bonds. The minimum Gasteiger partial charge on any atom is -0.346 e. The van der Waals surface area contributed by atoms with Crippen LogP contribution in [0.25, 0.3) is 0 Å². The predicted octanol–water partition coefficient (Wildman–Crippen LogP) is 2.58. The summed E-state index contributed by atoms with van der Waals surface area (Å²) in [4.78, 5) is 0. The fourth-order valence-electron chi connectivity index (χ4n) is 2.04. The van der Waals surface area contributed by atoms with E-state index < -0.39 is 5.79 Å². The quantitative estimate of drug-likeness (QED) is 0.799. The zero-order valence-electron chi connectivity index (χ0n) is 10.1. The van der Waals surface area contributed by atoms with Crippen molar-refractivity contribution in [3.63, 3.8) is 0 Å². The van der Waals surface area contributed by atoms with Gasteiger partial charge in [0.2, 0.25) is 0 Å². The Hall–Kier alpha value is -1.37. The highest BCUT2D eigenvalue weighted by Crippen LogP contribution is 2.28. The Kier molecular flexibility index (Phi) is 3.78. The van der Waals surface area contributed by atoms with E-state index in [1.165, 1.54) is 11.1 Å². The maximum absolute atomic E-state index is 8.82. The van der Waals surface area contributed by atoms with Gasteiger partial charge >= 0.3 is 0 Å². The SMILES string of the molecule is Cc1ccc(CCC2(CC#N)OCCO2)cc1. The first-order chi connectivity index (χ1) is 8.24. The minimum absolute atomic E-state index is 0.304. The third-order valence-electron chi connectivity index (χ3n) is 3.08. The fraction of sp³-hybridized carbons (Fsp3) is 0.500. The normalized spacial score (nSPS) is 17.9. The van der Waals surface area contributed by atoms with Gasteiger partial charge in [-0.15, -0.1) is 0 Å². The lowest BCUT2D eigenvalue weighted by molar-refractivity contribution is -0.157. The lowest BCUT2D eigenvalue weighted by Crippen LogP contribution is -2.30. The van der Waals surface area contributed by atoms with Gasteiger partial charge in [-0.3, -0.25) is 0 Å². The molecular formula is C14H17NO2. The molecule has 1 aromatic carbocycles. The predicted molar refractivity (Wildman–Crippen MR) is 64.4 cm³/mol. The Balaban J connectivity index is 1.96. The second-order valence-electron chi connectivity index (χ2n) is 4.43. The van der Waals surface area contributed by atoms with Crippen LogP contribution in [-0.4, -0.2) is 19.0 Å². The van der Waals surface area contributed by atoms with Crippen molar-refractivity contribution in [2.24, 2.45) is 0 Å². The molecule has 0 unspecified atom stereocenters. The molecule has 1 fully saturated rings. The first kappa shape index (κ1) is 12.1. The molecule has 0 aliphatic carbocycles. The van der Waals surface area contributed by atoms with Gasteiger partial charge < -0.3 is 9.47 Å². The largest absolute Gasteiger partial charge is 0.346 e. The molecule has 0 saturated carbocycles. The monoisotopic (exact) mass is 231 g/mol. The third kappa shape index (κ3) is 3.06. The van der Waals surface area contributed by atoms with E-state index in [-0.39, 0.29) is 0 Å². The molecular weight excluding hydrogens is 214 g/mol. The number of hydrogen-bond donors (Lipinski definition) is 0. The maximum Gasteiger partial charge on any atom is 0.181 e. The van der Waals surface area contributed by atoms with Crippen molar-refractivity contribution in [2.45, 2.75) is 32.0 Å². The summed E-state index contributed by atoms with van der Waals surface area (Å²) < 4.78 is 11.2. The number of hydrogen-bond acceptors (Lipinski definition) is 3. The topological polar surface area (TPSA) is 42.2 Å². The second-order valence-corrected chi connectivity index (χ2v) is 4.43. The molecule has 1 aliphatic rings. The lowest BCUT2D eigenvalue weighted by atomic mass is 10.0. The van der Waals surface area contributed by atoms with E-state index in [0.717, 1.165) is 12.8 Å². The Morgan fingerprint density at radius 1 is 1.24 bits per heavy atom. The van der Waals surface area contributed by atoms with Crippen molar-refractivity contribution >= 4 is 0 Å². The first-order valence-electron chi connectivity index (χ1n) is 5.94. The van der Waals surface area contributed by atoms with Crippen molar-refractivity contribution in [1.82, 2.24) is 0 Å². The molecule has 0 atom stereocenters. The van der Waals surface area contributed by atoms with Crippen LogP contribution in [0.2, 0.25) is 0 Å². The Morgan fingerprint density at radius 3 is 2.47 bits per heavy atom. The van der Waals surface area contributed by atoms with Crippen LogP contribution in [0.4, 0.5) is 0 Å². The van der Waals surface area contributed by atoms with Crippen LogP contribution in [0.3, 0.4) is 0 Å². The van der Waals surface area contributed by atoms with E-state index in [4.69, 9.17) is 14.7 Å². The first-order valence-corrected chi connectivity index (χ1v) is 5.94. The molecule has 1 aromatic rings. The average molecular weight is 231 g/mol. The number of nitriles is 1. The van der Waals surface area contributed by atoms with Gasteiger partial charge in [-0.25, -0.2) is 0 Å². The highest BCUT2D eigenvalue weighted by Gasteiger charge is 2.35. The van der Waals surface area contributed by atoms with E-state index in [1.807, 2.05) is 0 Å². The van der Waals surface area contributed by atoms with Crippen LogP contribution < -0.4 is 0 Å². The van der Waals surface area contributed by atoms with E-state index in [2.05, 4.69) is 37.3 Å². The summed E-state index contributed by atoms with van der Waals surface area (Å²) in [5.74, 6) is -0.667. The standard InChI is InChI=1S/C14H17NO2/c1-12-2-4-13(5-3-12)6-7-14(8-9-15)16-10-11-17-14/h2-5H,6-8,10-11H2,1H3. The molecule has 0 bridgehead atoms. The van der Waals surface area contributed by atoms with Crippen LogP contribution in [0.15, 0.2) is 24.3 Å². The van der Waals surface area contributed by atoms with Crippen molar-refractivity contribution in [2.75, 3.05) is 13.2 Å². The smallest absolute Gasteiger partial charge is 0.181 e. The molecule has 1 aliphatic heterocycles. The molecule has 1 saturated heterocycles. The number of ether oxygens (including phenoxy) is 2. The minimum atomic E-state index is -0.667. The molecule has 90 valence electrons. The molecule has 2 rings (SSSR count). The van der Waals surface area contributed by atoms with Crippen molar-refractivity contribution in [3.8, 4) is 6.07 Å².